The molecule has 0 atom stereocenters. The Morgan fingerprint density at radius 1 is 0.550 bits per heavy atom. The van der Waals surface area contributed by atoms with Crippen LogP contribution in [0.4, 0.5) is 0 Å². The molecule has 1 radical (unpaired) electrons. The molecular weight excluding hydrogens is 667 g/mol. The Bertz CT molecular complexity index is 2170. The number of benzene rings is 5. The van der Waals surface area contributed by atoms with Crippen molar-refractivity contribution in [1.29, 1.82) is 0 Å². The molecular formula is C36H24IrN3-. The van der Waals surface area contributed by atoms with Gasteiger partial charge in [0.05, 0.1) is 22.1 Å². The molecule has 4 heteroatoms. The normalized spacial score (nSPS) is 11.4. The Morgan fingerprint density at radius 3 is 1.82 bits per heavy atom. The summed E-state index contributed by atoms with van der Waals surface area (Å²) in [5.74, 6) is 0. The largest absolute Gasteiger partial charge is 0.327 e. The van der Waals surface area contributed by atoms with Gasteiger partial charge in [-0.25, -0.2) is 0 Å². The van der Waals surface area contributed by atoms with Crippen LogP contribution in [0.25, 0.3) is 66.2 Å². The number of nitrogens with zero attached hydrogens (tertiary/aromatic N) is 3. The number of aryl methyl sites for hydroxylation is 1. The fourth-order valence-corrected chi connectivity index (χ4v) is 5.93. The van der Waals surface area contributed by atoms with Crippen molar-refractivity contribution in [3.8, 4) is 22.6 Å². The summed E-state index contributed by atoms with van der Waals surface area (Å²) in [5.41, 5.74) is 10.1. The number of para-hydroxylation sites is 3. The fraction of sp³-hybridized carbons (Fsp3) is 0.0278. The molecule has 0 aliphatic rings. The van der Waals surface area contributed by atoms with Gasteiger partial charge in [0, 0.05) is 53.5 Å². The molecule has 3 nitrogen and oxygen atoms in total. The van der Waals surface area contributed by atoms with Crippen molar-refractivity contribution in [3.05, 3.63) is 139 Å². The molecule has 0 N–H and O–H groups in total. The summed E-state index contributed by atoms with van der Waals surface area (Å²) in [6.45, 7) is 2.06. The van der Waals surface area contributed by atoms with Crippen molar-refractivity contribution in [1.82, 2.24) is 14.1 Å². The van der Waals surface area contributed by atoms with Gasteiger partial charge in [0.2, 0.25) is 0 Å². The Labute approximate surface area is 245 Å². The first-order valence-electron chi connectivity index (χ1n) is 13.2. The van der Waals surface area contributed by atoms with Crippen molar-refractivity contribution in [2.24, 2.45) is 0 Å². The van der Waals surface area contributed by atoms with Gasteiger partial charge < -0.3 is 14.1 Å². The van der Waals surface area contributed by atoms with E-state index in [2.05, 4.69) is 142 Å². The summed E-state index contributed by atoms with van der Waals surface area (Å²) in [5, 5.41) is 5.01. The predicted molar refractivity (Wildman–Crippen MR) is 162 cm³/mol. The Hall–Kier alpha value is -4.50. The van der Waals surface area contributed by atoms with Crippen LogP contribution >= 0.6 is 0 Å². The summed E-state index contributed by atoms with van der Waals surface area (Å²) < 4.78 is 4.76. The minimum Gasteiger partial charge on any atom is -0.327 e. The maximum atomic E-state index is 4.66. The molecule has 0 fully saturated rings. The van der Waals surface area contributed by atoms with Crippen LogP contribution in [0.3, 0.4) is 0 Å². The van der Waals surface area contributed by atoms with Crippen LogP contribution in [0.5, 0.6) is 0 Å². The molecule has 0 saturated heterocycles. The fourth-order valence-electron chi connectivity index (χ4n) is 5.93. The van der Waals surface area contributed by atoms with E-state index in [1.165, 1.54) is 43.6 Å². The van der Waals surface area contributed by atoms with E-state index in [9.17, 15) is 0 Å². The second-order valence-corrected chi connectivity index (χ2v) is 10.1. The topological polar surface area (TPSA) is 22.8 Å². The van der Waals surface area contributed by atoms with Crippen LogP contribution in [0, 0.1) is 13.0 Å². The number of aromatic nitrogens is 3. The summed E-state index contributed by atoms with van der Waals surface area (Å²) in [6.07, 6.45) is 1.91. The van der Waals surface area contributed by atoms with E-state index in [4.69, 9.17) is 0 Å². The first-order valence-corrected chi connectivity index (χ1v) is 13.2. The molecule has 0 saturated carbocycles. The smallest absolute Gasteiger partial charge is 0.0562 e. The van der Waals surface area contributed by atoms with Gasteiger partial charge in [-0.05, 0) is 60.3 Å². The van der Waals surface area contributed by atoms with E-state index in [1.54, 1.807) is 0 Å². The van der Waals surface area contributed by atoms with Crippen LogP contribution in [-0.4, -0.2) is 14.1 Å². The SMILES string of the molecule is Cc1ccc(-c2[c-]ccc(-n3c4ccccc4c4cc5c6ccccc6n(-c6ccccc6)c5cc43)c2)nc1.[Ir]. The third kappa shape index (κ3) is 3.72. The van der Waals surface area contributed by atoms with Gasteiger partial charge in [0.15, 0.2) is 0 Å². The van der Waals surface area contributed by atoms with Gasteiger partial charge in [0.1, 0.15) is 0 Å². The molecule has 0 amide bonds. The zero-order valence-corrected chi connectivity index (χ0v) is 24.2. The number of fused-ring (bicyclic) bond motifs is 6. The van der Waals surface area contributed by atoms with E-state index in [-0.39, 0.29) is 20.1 Å². The number of rotatable bonds is 3. The maximum absolute atomic E-state index is 4.66. The van der Waals surface area contributed by atoms with Crippen molar-refractivity contribution in [2.45, 2.75) is 6.92 Å². The van der Waals surface area contributed by atoms with Crippen molar-refractivity contribution in [2.75, 3.05) is 0 Å². The average Bonchev–Trinajstić information content (AvgIpc) is 3.49. The number of hydrogen-bond acceptors (Lipinski definition) is 1. The molecule has 0 aliphatic heterocycles. The molecule has 0 aliphatic carbocycles. The van der Waals surface area contributed by atoms with E-state index >= 15 is 0 Å². The van der Waals surface area contributed by atoms with E-state index in [0.29, 0.717) is 0 Å². The van der Waals surface area contributed by atoms with Crippen LogP contribution in [-0.2, 0) is 20.1 Å². The number of pyridine rings is 1. The van der Waals surface area contributed by atoms with Gasteiger partial charge in [-0.3, -0.25) is 0 Å². The van der Waals surface area contributed by atoms with E-state index in [0.717, 1.165) is 28.2 Å². The third-order valence-electron chi connectivity index (χ3n) is 7.71. The molecule has 0 unspecified atom stereocenters. The number of hydrogen-bond donors (Lipinski definition) is 0. The van der Waals surface area contributed by atoms with E-state index < -0.39 is 0 Å². The van der Waals surface area contributed by atoms with Crippen molar-refractivity contribution in [3.63, 3.8) is 0 Å². The van der Waals surface area contributed by atoms with Crippen LogP contribution in [0.2, 0.25) is 0 Å². The minimum absolute atomic E-state index is 0. The molecule has 3 aromatic heterocycles. The summed E-state index contributed by atoms with van der Waals surface area (Å²) in [4.78, 5) is 4.66. The second kappa shape index (κ2) is 9.60. The van der Waals surface area contributed by atoms with Gasteiger partial charge in [-0.1, -0.05) is 66.7 Å². The molecule has 5 aromatic carbocycles. The van der Waals surface area contributed by atoms with E-state index in [1.807, 2.05) is 12.3 Å². The van der Waals surface area contributed by atoms with Crippen LogP contribution < -0.4 is 0 Å². The van der Waals surface area contributed by atoms with Gasteiger partial charge in [-0.2, -0.15) is 0 Å². The summed E-state index contributed by atoms with van der Waals surface area (Å²) in [7, 11) is 0. The Morgan fingerprint density at radius 2 is 1.18 bits per heavy atom. The third-order valence-corrected chi connectivity index (χ3v) is 7.71. The maximum Gasteiger partial charge on any atom is 0.0562 e. The second-order valence-electron chi connectivity index (χ2n) is 10.1. The average molecular weight is 691 g/mol. The van der Waals surface area contributed by atoms with Crippen molar-refractivity contribution < 1.29 is 20.1 Å². The monoisotopic (exact) mass is 691 g/mol. The Kier molecular flexibility index (Phi) is 5.89. The van der Waals surface area contributed by atoms with Crippen LogP contribution in [0.15, 0.2) is 128 Å². The molecule has 40 heavy (non-hydrogen) atoms. The summed E-state index contributed by atoms with van der Waals surface area (Å²) >= 11 is 0. The standard InChI is InChI=1S/C36H24N3.Ir/c1-24-18-19-32(37-23-24)25-10-9-13-27(20-25)39-34-17-8-6-15-29(34)31-21-30-28-14-5-7-16-33(28)38(35(30)22-36(31)39)26-11-3-2-4-12-26;/h2-9,11-23H,1H3;/q-1;. The first-order chi connectivity index (χ1) is 19.3. The van der Waals surface area contributed by atoms with Crippen LogP contribution in [0.1, 0.15) is 5.56 Å². The van der Waals surface area contributed by atoms with Gasteiger partial charge >= 0.3 is 0 Å². The molecule has 0 spiro atoms. The molecule has 0 bridgehead atoms. The molecule has 8 rings (SSSR count). The van der Waals surface area contributed by atoms with Gasteiger partial charge in [0.25, 0.3) is 0 Å². The zero-order chi connectivity index (χ0) is 25.9. The molecule has 8 aromatic rings. The Balaban J connectivity index is 0.00000264. The summed E-state index contributed by atoms with van der Waals surface area (Å²) in [6, 6.07) is 46.7. The first kappa shape index (κ1) is 24.5. The molecule has 3 heterocycles. The zero-order valence-electron chi connectivity index (χ0n) is 21.8. The quantitative estimate of drug-likeness (QED) is 0.170. The predicted octanol–water partition coefficient (Wildman–Crippen LogP) is 9.05. The molecule has 193 valence electrons. The van der Waals surface area contributed by atoms with Gasteiger partial charge in [-0.15, -0.1) is 29.8 Å². The van der Waals surface area contributed by atoms with Crippen molar-refractivity contribution >= 4 is 43.6 Å². The minimum atomic E-state index is 0.